The van der Waals surface area contributed by atoms with Gasteiger partial charge < -0.3 is 75.9 Å². The average molecular weight is 1880 g/mol. The van der Waals surface area contributed by atoms with E-state index in [4.69, 9.17) is 69.2 Å². The fourth-order valence-electron chi connectivity index (χ4n) is 15.9. The average Bonchev–Trinajstić information content (AvgIpc) is 1.64. The van der Waals surface area contributed by atoms with Gasteiger partial charge in [0.25, 0.3) is 0 Å². The van der Waals surface area contributed by atoms with Crippen molar-refractivity contribution >= 4 is 107 Å². The molecular formula is C94H108Cl3F3N26O3S2. The van der Waals surface area contributed by atoms with E-state index in [9.17, 15) is 14.4 Å². The number of thiazole rings is 2. The quantitative estimate of drug-likeness (QED) is 0.0126. The molecule has 1 aliphatic rings. The molecule has 0 amide bonds. The highest BCUT2D eigenvalue weighted by Gasteiger charge is 2.26. The molecular weight excluding hydrogens is 1770 g/mol. The normalized spacial score (nSPS) is 14.5. The van der Waals surface area contributed by atoms with Crippen molar-refractivity contribution in [1.29, 1.82) is 0 Å². The van der Waals surface area contributed by atoms with Gasteiger partial charge in [-0.25, -0.2) is 37.5 Å². The number of anilines is 2. The lowest BCUT2D eigenvalue weighted by molar-refractivity contribution is 0.322. The number of aryl methyl sites for hydroxylation is 3. The van der Waals surface area contributed by atoms with Gasteiger partial charge in [0.2, 0.25) is 0 Å². The van der Waals surface area contributed by atoms with Crippen molar-refractivity contribution in [3.05, 3.63) is 278 Å². The largest absolute Gasteiger partial charge is 0.370 e. The number of halogens is 6. The molecule has 7 atom stereocenters. The van der Waals surface area contributed by atoms with Crippen LogP contribution in [0.1, 0.15) is 137 Å². The van der Waals surface area contributed by atoms with Crippen molar-refractivity contribution in [2.75, 3.05) is 36.8 Å². The van der Waals surface area contributed by atoms with Crippen LogP contribution >= 0.6 is 57.5 Å². The van der Waals surface area contributed by atoms with E-state index in [-0.39, 0.29) is 57.3 Å². The highest BCUT2D eigenvalue weighted by molar-refractivity contribution is 7.13. The molecule has 10 heterocycles. The van der Waals surface area contributed by atoms with E-state index in [0.717, 1.165) is 147 Å². The van der Waals surface area contributed by atoms with E-state index in [2.05, 4.69) is 99.0 Å². The predicted molar refractivity (Wildman–Crippen MR) is 521 cm³/mol. The molecule has 21 N–H and O–H groups in total. The molecule has 1 fully saturated rings. The fourth-order valence-corrected chi connectivity index (χ4v) is 17.7. The Balaban J connectivity index is 0.000000158. The molecule has 29 nitrogen and oxygen atoms in total. The summed E-state index contributed by atoms with van der Waals surface area (Å²) in [5.41, 5.74) is 45.8. The summed E-state index contributed by atoms with van der Waals surface area (Å²) in [7, 11) is 0. The number of piperidine rings is 1. The van der Waals surface area contributed by atoms with Crippen LogP contribution < -0.4 is 78.1 Å². The first-order valence-corrected chi connectivity index (χ1v) is 46.7. The Morgan fingerprint density at radius 1 is 0.534 bits per heavy atom. The van der Waals surface area contributed by atoms with Crippen LogP contribution in [0.3, 0.4) is 0 Å². The zero-order valence-corrected chi connectivity index (χ0v) is 76.7. The molecule has 1 saturated heterocycles. The molecule has 0 aliphatic carbocycles. The van der Waals surface area contributed by atoms with Gasteiger partial charge in [-0.2, -0.15) is 30.4 Å². The van der Waals surface area contributed by atoms with Gasteiger partial charge in [-0.3, -0.25) is 18.7 Å². The van der Waals surface area contributed by atoms with Crippen molar-refractivity contribution in [3.63, 3.8) is 0 Å². The number of aromatic nitrogens is 14. The summed E-state index contributed by atoms with van der Waals surface area (Å²) in [5.74, 6) is -1.49. The van der Waals surface area contributed by atoms with Gasteiger partial charge >= 0.3 is 17.1 Å². The first-order chi connectivity index (χ1) is 63.3. The molecule has 0 saturated carbocycles. The minimum absolute atomic E-state index is 0.0462. The predicted octanol–water partition coefficient (Wildman–Crippen LogP) is 15.1. The zero-order chi connectivity index (χ0) is 92.2. The van der Waals surface area contributed by atoms with Crippen LogP contribution in [0.4, 0.5) is 23.4 Å². The number of fused-ring (bicyclic) bond motifs is 3. The van der Waals surface area contributed by atoms with E-state index in [0.29, 0.717) is 123 Å². The van der Waals surface area contributed by atoms with E-state index >= 15 is 13.2 Å². The van der Waals surface area contributed by atoms with Crippen LogP contribution in [-0.2, 0) is 38.8 Å². The van der Waals surface area contributed by atoms with E-state index < -0.39 is 34.5 Å². The second-order valence-corrected chi connectivity index (χ2v) is 36.3. The van der Waals surface area contributed by atoms with Crippen molar-refractivity contribution in [3.8, 4) is 50.8 Å². The number of aromatic amines is 4. The number of H-pyrrole nitrogens is 4. The Bertz CT molecular complexity index is 6500. The molecule has 9 aromatic heterocycles. The van der Waals surface area contributed by atoms with Gasteiger partial charge in [-0.05, 0) is 242 Å². The maximum atomic E-state index is 15.1. The zero-order valence-electron chi connectivity index (χ0n) is 72.8. The van der Waals surface area contributed by atoms with Crippen LogP contribution in [0, 0.1) is 17.5 Å². The minimum Gasteiger partial charge on any atom is -0.370 e. The Morgan fingerprint density at radius 2 is 0.939 bits per heavy atom. The van der Waals surface area contributed by atoms with Gasteiger partial charge in [-0.15, -0.1) is 22.7 Å². The Kier molecular flexibility index (Phi) is 33.0. The highest BCUT2D eigenvalue weighted by atomic mass is 35.5. The van der Waals surface area contributed by atoms with Crippen LogP contribution in [0.15, 0.2) is 195 Å². The van der Waals surface area contributed by atoms with Gasteiger partial charge in [0.15, 0.2) is 33.7 Å². The first kappa shape index (κ1) is 95.3. The molecule has 37 heteroatoms. The summed E-state index contributed by atoms with van der Waals surface area (Å²) in [6.07, 6.45) is 23.5. The number of nitrogens with two attached hydrogens (primary N) is 6. The highest BCUT2D eigenvalue weighted by Crippen LogP contribution is 2.37. The molecule has 15 aromatic rings. The van der Waals surface area contributed by atoms with Crippen molar-refractivity contribution < 1.29 is 13.2 Å². The summed E-state index contributed by atoms with van der Waals surface area (Å²) in [6.45, 7) is 9.59. The Labute approximate surface area is 777 Å². The van der Waals surface area contributed by atoms with Crippen molar-refractivity contribution in [2.24, 2.45) is 39.4 Å². The van der Waals surface area contributed by atoms with Crippen LogP contribution in [0.2, 0.25) is 15.1 Å². The smallest absolute Gasteiger partial charge is 0.354 e. The maximum absolute atomic E-state index is 15.1. The fraction of sp³-hybridized carbons (Fsp3) is 0.330. The summed E-state index contributed by atoms with van der Waals surface area (Å²) in [4.78, 5) is 73.7. The number of nitrogens with one attached hydrogen (secondary N) is 9. The van der Waals surface area contributed by atoms with E-state index in [1.54, 1.807) is 103 Å². The summed E-state index contributed by atoms with van der Waals surface area (Å²) in [5, 5.41) is 36.0. The van der Waals surface area contributed by atoms with Crippen LogP contribution in [-0.4, -0.2) is 137 Å². The van der Waals surface area contributed by atoms with Gasteiger partial charge in [-0.1, -0.05) is 71.2 Å². The third-order valence-electron chi connectivity index (χ3n) is 22.8. The summed E-state index contributed by atoms with van der Waals surface area (Å²) < 4.78 is 49.8. The molecule has 0 spiro atoms. The lowest BCUT2D eigenvalue weighted by atomic mass is 9.91. The van der Waals surface area contributed by atoms with Gasteiger partial charge in [0, 0.05) is 156 Å². The van der Waals surface area contributed by atoms with Crippen molar-refractivity contribution in [1.82, 2.24) is 84.9 Å². The molecule has 0 unspecified atom stereocenters. The molecule has 686 valence electrons. The monoisotopic (exact) mass is 1870 g/mol. The number of guanidine groups is 1. The lowest BCUT2D eigenvalue weighted by Gasteiger charge is -2.31. The third kappa shape index (κ3) is 25.9. The van der Waals surface area contributed by atoms with Crippen molar-refractivity contribution in [2.45, 2.75) is 172 Å². The SMILES string of the molecule is C[C@H](N)CCCc1cc(Cl)c(F)c(-c2cc3cn(-c4ccc(CN[C@H](CCN)CNc5nccs5)cc4)c(=O)nc3[nH]2)c1.C[C@H](N)CCCc1cc(Cl)c(F)c(-c2cc3cn(-c4ccc(CN[C@H](CCN=C(N)N)CNc5nccs5)cc4)c(=O)nc3[nH]2)c1.C[C@H](N)CCCc1cc(Cl)c(F)c(-c2cc3cn(-c4ccc([C@@H]5CCC[C@@H](Cc6cn[nH]n6)N5)cc4)c(=O)nc3[nH]2)c1. The Morgan fingerprint density at radius 3 is 1.31 bits per heavy atom. The molecule has 0 bridgehead atoms. The number of hydrogen-bond donors (Lipinski definition) is 15. The van der Waals surface area contributed by atoms with Crippen LogP contribution in [0.5, 0.6) is 0 Å². The van der Waals surface area contributed by atoms with E-state index in [1.807, 2.05) is 92.2 Å². The molecule has 131 heavy (non-hydrogen) atoms. The minimum atomic E-state index is -0.527. The molecule has 1 aliphatic heterocycles. The summed E-state index contributed by atoms with van der Waals surface area (Å²) >= 11 is 21.9. The van der Waals surface area contributed by atoms with E-state index in [1.165, 1.54) is 30.6 Å². The second kappa shape index (κ2) is 45.4. The lowest BCUT2D eigenvalue weighted by Crippen LogP contribution is -2.38. The number of aliphatic imine (C=N–C) groups is 1. The number of rotatable bonds is 38. The number of benzene rings is 6. The summed E-state index contributed by atoms with van der Waals surface area (Å²) in [6, 6.07) is 40.2. The Hall–Kier alpha value is -11.8. The number of nitrogens with zero attached hydrogens (tertiary/aromatic N) is 11. The molecule has 0 radical (unpaired) electrons. The van der Waals surface area contributed by atoms with Crippen LogP contribution in [0.25, 0.3) is 83.9 Å². The maximum Gasteiger partial charge on any atom is 0.354 e. The third-order valence-corrected chi connectivity index (χ3v) is 25.1. The first-order valence-electron chi connectivity index (χ1n) is 43.8. The molecule has 16 rings (SSSR count). The van der Waals surface area contributed by atoms with Gasteiger partial charge in [0.1, 0.15) is 16.9 Å². The van der Waals surface area contributed by atoms with Gasteiger partial charge in [0.05, 0.1) is 61.1 Å². The standard InChI is InChI=1S/C32H38ClFN10OS.C31H36ClFN8OS.C31H34ClFN8O/c1-19(35)3-2-4-21-13-25(28(34)26(33)14-21)27-15-22-18-44(32(45)43-29(22)42-27)24-7-5-20(6-8-24)16-40-23(9-10-38-30(36)37)17-41-31-39-11-12-46-31;1-19(35)3-2-4-21-13-25(28(33)26(32)14-21)27-15-22-18-41(31(42)40-29(22)39-27)24-7-5-20(6-8-24)16-37-23(9-10-34)17-38-30-36-11-12-43-30;1-18(34)4-2-5-19-12-25(29(33)26(32)13-19)28-14-21-17-41(31(42)38-30(21)37-28)24-10-8-20(9-11-24)27-7-3-6-22(36-27)15-23-16-35-40-39-23/h5-8,11-15,18-19,23,40H,2-4,9-10,16-17,35H2,1H3,(H,39,41)(H4,36,37,38)(H,42,43,45);5-8,11-15,18-19,23,37H,2-4,9-10,16-17,34-35H2,1H3,(H,36,38)(H,39,40,42);8-14,16-18,22,27,36H,2-7,15,34H2,1H3,(H,35,39,40)(H,37,38,42)/t2*19-,23+;18-,22-,27-/m000/s1. The second-order valence-electron chi connectivity index (χ2n) is 33.3. The molecule has 6 aromatic carbocycles. The number of hydrogen-bond acceptors (Lipinski definition) is 22. The topological polar surface area (TPSA) is 448 Å².